The standard InChI is InChI=1S/C16H20ClN3O/c1-4-6-12-9-13(18)7-8-15(12)21-10-14-16(17)11(3)19-20(14)5-2/h4,7-9H,1,5-6,10,18H2,2-3H3. The van der Waals surface area contributed by atoms with E-state index in [1.165, 1.54) is 0 Å². The number of ether oxygens (including phenoxy) is 1. The van der Waals surface area contributed by atoms with Gasteiger partial charge in [-0.1, -0.05) is 17.7 Å². The fourth-order valence-electron chi connectivity index (χ4n) is 2.21. The molecule has 0 saturated heterocycles. The molecule has 0 atom stereocenters. The first-order valence-electron chi connectivity index (χ1n) is 6.90. The molecule has 0 radical (unpaired) electrons. The Bertz CT molecular complexity index is 649. The van der Waals surface area contributed by atoms with E-state index in [9.17, 15) is 0 Å². The predicted molar refractivity (Wildman–Crippen MR) is 86.7 cm³/mol. The zero-order valence-electron chi connectivity index (χ0n) is 12.4. The number of nitrogen functional groups attached to an aromatic ring is 1. The minimum absolute atomic E-state index is 0.377. The molecular formula is C16H20ClN3O. The topological polar surface area (TPSA) is 53.1 Å². The highest BCUT2D eigenvalue weighted by atomic mass is 35.5. The largest absolute Gasteiger partial charge is 0.487 e. The van der Waals surface area contributed by atoms with E-state index in [0.717, 1.165) is 29.2 Å². The SMILES string of the molecule is C=CCc1cc(N)ccc1OCc1c(Cl)c(C)nn1CC. The van der Waals surface area contributed by atoms with Crippen molar-refractivity contribution in [1.82, 2.24) is 9.78 Å². The average Bonchev–Trinajstić information content (AvgIpc) is 2.74. The first-order valence-corrected chi connectivity index (χ1v) is 7.28. The van der Waals surface area contributed by atoms with Gasteiger partial charge in [0.15, 0.2) is 0 Å². The lowest BCUT2D eigenvalue weighted by molar-refractivity contribution is 0.290. The molecule has 112 valence electrons. The van der Waals surface area contributed by atoms with Crippen molar-refractivity contribution in [1.29, 1.82) is 0 Å². The maximum Gasteiger partial charge on any atom is 0.131 e. The molecule has 0 bridgehead atoms. The van der Waals surface area contributed by atoms with E-state index in [1.54, 1.807) is 0 Å². The van der Waals surface area contributed by atoms with Gasteiger partial charge in [0.05, 0.1) is 16.4 Å². The third-order valence-electron chi connectivity index (χ3n) is 3.27. The first-order chi connectivity index (χ1) is 10.1. The number of rotatable bonds is 6. The summed E-state index contributed by atoms with van der Waals surface area (Å²) < 4.78 is 7.78. The van der Waals surface area contributed by atoms with E-state index in [2.05, 4.69) is 11.7 Å². The molecule has 0 spiro atoms. The molecule has 2 aromatic rings. The number of halogens is 1. The van der Waals surface area contributed by atoms with Gasteiger partial charge in [0.25, 0.3) is 0 Å². The highest BCUT2D eigenvalue weighted by molar-refractivity contribution is 6.31. The number of aromatic nitrogens is 2. The van der Waals surface area contributed by atoms with Crippen LogP contribution in [-0.2, 0) is 19.6 Å². The van der Waals surface area contributed by atoms with Gasteiger partial charge in [-0.2, -0.15) is 5.10 Å². The van der Waals surface area contributed by atoms with Crippen molar-refractivity contribution in [2.24, 2.45) is 0 Å². The Morgan fingerprint density at radius 1 is 1.48 bits per heavy atom. The van der Waals surface area contributed by atoms with Gasteiger partial charge < -0.3 is 10.5 Å². The number of allylic oxidation sites excluding steroid dienone is 1. The molecule has 0 aliphatic rings. The number of nitrogens with two attached hydrogens (primary N) is 1. The highest BCUT2D eigenvalue weighted by Crippen LogP contribution is 2.26. The summed E-state index contributed by atoms with van der Waals surface area (Å²) in [6, 6.07) is 5.61. The summed E-state index contributed by atoms with van der Waals surface area (Å²) in [5, 5.41) is 5.05. The summed E-state index contributed by atoms with van der Waals surface area (Å²) in [6.45, 7) is 8.81. The highest BCUT2D eigenvalue weighted by Gasteiger charge is 2.14. The van der Waals surface area contributed by atoms with Crippen molar-refractivity contribution >= 4 is 17.3 Å². The molecule has 4 nitrogen and oxygen atoms in total. The molecule has 0 saturated carbocycles. The zero-order chi connectivity index (χ0) is 15.4. The Balaban J connectivity index is 2.22. The van der Waals surface area contributed by atoms with Crippen LogP contribution >= 0.6 is 11.6 Å². The van der Waals surface area contributed by atoms with E-state index >= 15 is 0 Å². The fraction of sp³-hybridized carbons (Fsp3) is 0.312. The third kappa shape index (κ3) is 3.39. The lowest BCUT2D eigenvalue weighted by atomic mass is 10.1. The summed E-state index contributed by atoms with van der Waals surface area (Å²) in [5.41, 5.74) is 9.25. The van der Waals surface area contributed by atoms with Gasteiger partial charge >= 0.3 is 0 Å². The molecule has 0 fully saturated rings. The second-order valence-corrected chi connectivity index (χ2v) is 5.19. The number of anilines is 1. The van der Waals surface area contributed by atoms with E-state index in [-0.39, 0.29) is 0 Å². The van der Waals surface area contributed by atoms with Crippen LogP contribution in [0, 0.1) is 6.92 Å². The molecule has 0 amide bonds. The summed E-state index contributed by atoms with van der Waals surface area (Å²) >= 11 is 6.29. The lowest BCUT2D eigenvalue weighted by Crippen LogP contribution is -2.07. The van der Waals surface area contributed by atoms with E-state index in [0.29, 0.717) is 23.7 Å². The van der Waals surface area contributed by atoms with Crippen molar-refractivity contribution in [3.63, 3.8) is 0 Å². The number of hydrogen-bond donors (Lipinski definition) is 1. The minimum Gasteiger partial charge on any atom is -0.487 e. The molecule has 1 aromatic heterocycles. The second-order valence-electron chi connectivity index (χ2n) is 4.81. The van der Waals surface area contributed by atoms with Gasteiger partial charge in [0.1, 0.15) is 12.4 Å². The molecule has 0 unspecified atom stereocenters. The van der Waals surface area contributed by atoms with Gasteiger partial charge in [-0.15, -0.1) is 6.58 Å². The maximum atomic E-state index is 6.29. The summed E-state index contributed by atoms with van der Waals surface area (Å²) in [6.07, 6.45) is 2.54. The van der Waals surface area contributed by atoms with Crippen LogP contribution < -0.4 is 10.5 Å². The summed E-state index contributed by atoms with van der Waals surface area (Å²) in [5.74, 6) is 0.793. The second kappa shape index (κ2) is 6.68. The minimum atomic E-state index is 0.377. The first kappa shape index (κ1) is 15.4. The number of nitrogens with zero attached hydrogens (tertiary/aromatic N) is 2. The molecule has 21 heavy (non-hydrogen) atoms. The lowest BCUT2D eigenvalue weighted by Gasteiger charge is -2.12. The Kier molecular flexibility index (Phi) is 4.91. The van der Waals surface area contributed by atoms with Crippen LogP contribution in [0.2, 0.25) is 5.02 Å². The van der Waals surface area contributed by atoms with Crippen molar-refractivity contribution in [3.8, 4) is 5.75 Å². The van der Waals surface area contributed by atoms with Crippen LogP contribution in [0.15, 0.2) is 30.9 Å². The van der Waals surface area contributed by atoms with Crippen molar-refractivity contribution in [2.75, 3.05) is 5.73 Å². The van der Waals surface area contributed by atoms with Crippen molar-refractivity contribution in [2.45, 2.75) is 33.4 Å². The number of aryl methyl sites for hydroxylation is 2. The zero-order valence-corrected chi connectivity index (χ0v) is 13.2. The predicted octanol–water partition coefficient (Wildman–Crippen LogP) is 3.75. The van der Waals surface area contributed by atoms with Crippen LogP contribution in [0.1, 0.15) is 23.9 Å². The Hall–Kier alpha value is -1.94. The van der Waals surface area contributed by atoms with Crippen LogP contribution in [0.5, 0.6) is 5.75 Å². The summed E-state index contributed by atoms with van der Waals surface area (Å²) in [7, 11) is 0. The molecule has 5 heteroatoms. The molecule has 0 aliphatic carbocycles. The molecule has 2 N–H and O–H groups in total. The normalized spacial score (nSPS) is 10.6. The van der Waals surface area contributed by atoms with E-state index < -0.39 is 0 Å². The van der Waals surface area contributed by atoms with Crippen molar-refractivity contribution < 1.29 is 4.74 Å². The Morgan fingerprint density at radius 2 is 2.24 bits per heavy atom. The summed E-state index contributed by atoms with van der Waals surface area (Å²) in [4.78, 5) is 0. The average molecular weight is 306 g/mol. The van der Waals surface area contributed by atoms with Gasteiger partial charge in [-0.05, 0) is 44.0 Å². The van der Waals surface area contributed by atoms with Crippen LogP contribution in [0.3, 0.4) is 0 Å². The maximum absolute atomic E-state index is 6.29. The molecule has 2 rings (SSSR count). The molecule has 0 aliphatic heterocycles. The number of benzene rings is 1. The fourth-order valence-corrected chi connectivity index (χ4v) is 2.40. The Labute approximate surface area is 130 Å². The monoisotopic (exact) mass is 305 g/mol. The Morgan fingerprint density at radius 3 is 2.90 bits per heavy atom. The van der Waals surface area contributed by atoms with Gasteiger partial charge in [-0.3, -0.25) is 4.68 Å². The van der Waals surface area contributed by atoms with Gasteiger partial charge in [-0.25, -0.2) is 0 Å². The van der Waals surface area contributed by atoms with Crippen LogP contribution in [0.4, 0.5) is 5.69 Å². The quantitative estimate of drug-likeness (QED) is 0.653. The van der Waals surface area contributed by atoms with E-state index in [4.69, 9.17) is 22.1 Å². The van der Waals surface area contributed by atoms with Crippen LogP contribution in [-0.4, -0.2) is 9.78 Å². The smallest absolute Gasteiger partial charge is 0.131 e. The van der Waals surface area contributed by atoms with Gasteiger partial charge in [0, 0.05) is 12.2 Å². The number of hydrogen-bond acceptors (Lipinski definition) is 3. The van der Waals surface area contributed by atoms with Crippen molar-refractivity contribution in [3.05, 3.63) is 52.8 Å². The molecule has 1 heterocycles. The van der Waals surface area contributed by atoms with Gasteiger partial charge in [0.2, 0.25) is 0 Å². The molecule has 1 aromatic carbocycles. The third-order valence-corrected chi connectivity index (χ3v) is 3.76. The molecular weight excluding hydrogens is 286 g/mol. The van der Waals surface area contributed by atoms with Crippen LogP contribution in [0.25, 0.3) is 0 Å². The van der Waals surface area contributed by atoms with E-state index in [1.807, 2.05) is 42.8 Å².